The predicted molar refractivity (Wildman–Crippen MR) is 81.3 cm³/mol. The van der Waals surface area contributed by atoms with E-state index >= 15 is 0 Å². The highest BCUT2D eigenvalue weighted by molar-refractivity contribution is 9.11. The molecule has 0 saturated heterocycles. The standard InChI is InChI=1S/C13H17Br2NO2/c1-10(14)9-18-12-3-4-13(15)11(7-12)8-16-5-6-17-2/h3-4,7,16H,1,5-6,8-9H2,2H3. The fraction of sp³-hybridized carbons (Fsp3) is 0.385. The van der Waals surface area contributed by atoms with E-state index in [1.165, 1.54) is 0 Å². The summed E-state index contributed by atoms with van der Waals surface area (Å²) in [4.78, 5) is 0. The number of nitrogens with one attached hydrogen (secondary N) is 1. The number of benzene rings is 1. The molecule has 0 aliphatic heterocycles. The zero-order valence-corrected chi connectivity index (χ0v) is 13.5. The maximum Gasteiger partial charge on any atom is 0.120 e. The Balaban J connectivity index is 2.54. The first-order valence-corrected chi connectivity index (χ1v) is 7.16. The van der Waals surface area contributed by atoms with Gasteiger partial charge in [0, 0.05) is 29.2 Å². The average molecular weight is 379 g/mol. The lowest BCUT2D eigenvalue weighted by atomic mass is 10.2. The van der Waals surface area contributed by atoms with Crippen LogP contribution in [-0.2, 0) is 11.3 Å². The molecule has 100 valence electrons. The second kappa shape index (κ2) is 8.69. The van der Waals surface area contributed by atoms with Crippen molar-refractivity contribution in [1.82, 2.24) is 5.32 Å². The highest BCUT2D eigenvalue weighted by Gasteiger charge is 2.03. The summed E-state index contributed by atoms with van der Waals surface area (Å²) in [5.74, 6) is 0.836. The molecule has 18 heavy (non-hydrogen) atoms. The molecule has 0 unspecified atom stereocenters. The largest absolute Gasteiger partial charge is 0.488 e. The number of rotatable bonds is 8. The predicted octanol–water partition coefficient (Wildman–Crippen LogP) is 3.47. The molecule has 3 nitrogen and oxygen atoms in total. The minimum Gasteiger partial charge on any atom is -0.488 e. The van der Waals surface area contributed by atoms with Crippen LogP contribution in [-0.4, -0.2) is 26.9 Å². The van der Waals surface area contributed by atoms with Crippen molar-refractivity contribution >= 4 is 31.9 Å². The van der Waals surface area contributed by atoms with Crippen LogP contribution in [0.15, 0.2) is 33.7 Å². The third-order valence-corrected chi connectivity index (χ3v) is 3.21. The summed E-state index contributed by atoms with van der Waals surface area (Å²) in [6.07, 6.45) is 0. The van der Waals surface area contributed by atoms with Crippen molar-refractivity contribution in [3.63, 3.8) is 0 Å². The van der Waals surface area contributed by atoms with Crippen LogP contribution in [0.1, 0.15) is 5.56 Å². The quantitative estimate of drug-likeness (QED) is 0.702. The Labute approximate surface area is 125 Å². The van der Waals surface area contributed by atoms with Gasteiger partial charge in [-0.25, -0.2) is 0 Å². The van der Waals surface area contributed by atoms with Gasteiger partial charge < -0.3 is 14.8 Å². The SMILES string of the molecule is C=C(Br)COc1ccc(Br)c(CNCCOC)c1. The van der Waals surface area contributed by atoms with E-state index in [0.29, 0.717) is 13.2 Å². The van der Waals surface area contributed by atoms with Crippen LogP contribution in [0.3, 0.4) is 0 Å². The second-order valence-electron chi connectivity index (χ2n) is 3.73. The van der Waals surface area contributed by atoms with E-state index < -0.39 is 0 Å². The number of methoxy groups -OCH3 is 1. The molecule has 0 atom stereocenters. The first-order valence-electron chi connectivity index (χ1n) is 5.57. The molecule has 0 radical (unpaired) electrons. The Bertz CT molecular complexity index is 397. The fourth-order valence-corrected chi connectivity index (χ4v) is 1.84. The third kappa shape index (κ3) is 6.00. The van der Waals surface area contributed by atoms with Gasteiger partial charge in [0.25, 0.3) is 0 Å². The third-order valence-electron chi connectivity index (χ3n) is 2.21. The van der Waals surface area contributed by atoms with Crippen molar-refractivity contribution in [2.45, 2.75) is 6.54 Å². The molecule has 0 bridgehead atoms. The highest BCUT2D eigenvalue weighted by Crippen LogP contribution is 2.23. The smallest absolute Gasteiger partial charge is 0.120 e. The zero-order chi connectivity index (χ0) is 13.4. The lowest BCUT2D eigenvalue weighted by molar-refractivity contribution is 0.199. The van der Waals surface area contributed by atoms with Gasteiger partial charge in [-0.3, -0.25) is 0 Å². The molecule has 0 heterocycles. The molecular formula is C13H17Br2NO2. The van der Waals surface area contributed by atoms with E-state index in [0.717, 1.165) is 33.4 Å². The molecule has 0 saturated carbocycles. The maximum atomic E-state index is 5.57. The molecule has 0 aromatic heterocycles. The van der Waals surface area contributed by atoms with Gasteiger partial charge in [-0.2, -0.15) is 0 Å². The van der Waals surface area contributed by atoms with E-state index in [1.807, 2.05) is 18.2 Å². The van der Waals surface area contributed by atoms with Crippen molar-refractivity contribution < 1.29 is 9.47 Å². The Hall–Kier alpha value is -0.360. The van der Waals surface area contributed by atoms with Gasteiger partial charge >= 0.3 is 0 Å². The Morgan fingerprint density at radius 2 is 2.22 bits per heavy atom. The number of ether oxygens (including phenoxy) is 2. The van der Waals surface area contributed by atoms with Crippen LogP contribution in [0.25, 0.3) is 0 Å². The lowest BCUT2D eigenvalue weighted by Gasteiger charge is -2.10. The van der Waals surface area contributed by atoms with E-state index in [2.05, 4.69) is 43.8 Å². The molecule has 1 aromatic rings. The maximum absolute atomic E-state index is 5.57. The van der Waals surface area contributed by atoms with Gasteiger partial charge in [-0.15, -0.1) is 0 Å². The fourth-order valence-electron chi connectivity index (χ4n) is 1.34. The first kappa shape index (κ1) is 15.7. The summed E-state index contributed by atoms with van der Waals surface area (Å²) in [6.45, 7) is 6.51. The van der Waals surface area contributed by atoms with Crippen LogP contribution in [0.4, 0.5) is 0 Å². The van der Waals surface area contributed by atoms with Crippen molar-refractivity contribution in [2.75, 3.05) is 26.9 Å². The summed E-state index contributed by atoms with van der Waals surface area (Å²) >= 11 is 6.80. The van der Waals surface area contributed by atoms with Crippen molar-refractivity contribution in [2.24, 2.45) is 0 Å². The molecule has 0 aliphatic rings. The van der Waals surface area contributed by atoms with Gasteiger partial charge in [0.1, 0.15) is 12.4 Å². The number of hydrogen-bond donors (Lipinski definition) is 1. The Kier molecular flexibility index (Phi) is 7.58. The lowest BCUT2D eigenvalue weighted by Crippen LogP contribution is -2.18. The van der Waals surface area contributed by atoms with E-state index in [-0.39, 0.29) is 0 Å². The van der Waals surface area contributed by atoms with Crippen LogP contribution in [0.5, 0.6) is 5.75 Å². The van der Waals surface area contributed by atoms with Gasteiger partial charge in [-0.05, 0) is 23.8 Å². The second-order valence-corrected chi connectivity index (χ2v) is 5.70. The normalized spacial score (nSPS) is 10.4. The van der Waals surface area contributed by atoms with Gasteiger partial charge in [0.05, 0.1) is 6.61 Å². The van der Waals surface area contributed by atoms with Crippen molar-refractivity contribution in [3.05, 3.63) is 39.3 Å². The molecule has 0 fully saturated rings. The average Bonchev–Trinajstić information content (AvgIpc) is 2.35. The van der Waals surface area contributed by atoms with E-state index in [4.69, 9.17) is 9.47 Å². The van der Waals surface area contributed by atoms with Crippen LogP contribution in [0.2, 0.25) is 0 Å². The topological polar surface area (TPSA) is 30.5 Å². The molecule has 1 N–H and O–H groups in total. The van der Waals surface area contributed by atoms with E-state index in [1.54, 1.807) is 7.11 Å². The Morgan fingerprint density at radius 1 is 1.44 bits per heavy atom. The molecule has 1 rings (SSSR count). The van der Waals surface area contributed by atoms with Gasteiger partial charge in [-0.1, -0.05) is 38.4 Å². The van der Waals surface area contributed by atoms with E-state index in [9.17, 15) is 0 Å². The molecule has 0 spiro atoms. The van der Waals surface area contributed by atoms with Gasteiger partial charge in [0.2, 0.25) is 0 Å². The number of halogens is 2. The number of hydrogen-bond acceptors (Lipinski definition) is 3. The molecule has 0 aliphatic carbocycles. The minimum atomic E-state index is 0.470. The molecule has 0 amide bonds. The first-order chi connectivity index (χ1) is 8.63. The summed E-state index contributed by atoms with van der Waals surface area (Å²) in [5.41, 5.74) is 1.16. The van der Waals surface area contributed by atoms with Crippen LogP contribution in [0, 0.1) is 0 Å². The summed E-state index contributed by atoms with van der Waals surface area (Å²) in [6, 6.07) is 5.93. The van der Waals surface area contributed by atoms with Gasteiger partial charge in [0.15, 0.2) is 0 Å². The monoisotopic (exact) mass is 377 g/mol. The zero-order valence-electron chi connectivity index (χ0n) is 10.3. The summed E-state index contributed by atoms with van der Waals surface area (Å²) in [7, 11) is 1.69. The molecular weight excluding hydrogens is 362 g/mol. The van der Waals surface area contributed by atoms with Crippen molar-refractivity contribution in [1.29, 1.82) is 0 Å². The van der Waals surface area contributed by atoms with Crippen LogP contribution < -0.4 is 10.1 Å². The summed E-state index contributed by atoms with van der Waals surface area (Å²) < 4.78 is 12.4. The molecule has 5 heteroatoms. The Morgan fingerprint density at radius 3 is 2.89 bits per heavy atom. The van der Waals surface area contributed by atoms with Crippen molar-refractivity contribution in [3.8, 4) is 5.75 Å². The molecule has 1 aromatic carbocycles. The highest BCUT2D eigenvalue weighted by atomic mass is 79.9. The summed E-state index contributed by atoms with van der Waals surface area (Å²) in [5, 5.41) is 3.30. The minimum absolute atomic E-state index is 0.470. The van der Waals surface area contributed by atoms with Crippen LogP contribution >= 0.6 is 31.9 Å².